The summed E-state index contributed by atoms with van der Waals surface area (Å²) in [5.74, 6) is -0.458. The molecule has 0 rings (SSSR count). The van der Waals surface area contributed by atoms with Crippen LogP contribution in [0, 0.1) is 0 Å². The number of hydrogen-bond donors (Lipinski definition) is 1. The summed E-state index contributed by atoms with van der Waals surface area (Å²) in [5, 5.41) is 0. The zero-order valence-corrected chi connectivity index (χ0v) is 9.89. The fourth-order valence-electron chi connectivity index (χ4n) is 0.955. The summed E-state index contributed by atoms with van der Waals surface area (Å²) in [6.07, 6.45) is 0. The Labute approximate surface area is 75.5 Å². The van der Waals surface area contributed by atoms with Crippen LogP contribution in [0.4, 0.5) is 0 Å². The Hall–Kier alpha value is -0.107. The molecule has 0 spiro atoms. The molecule has 12 heavy (non-hydrogen) atoms. The molecule has 1 unspecified atom stereocenters. The van der Waals surface area contributed by atoms with Crippen LogP contribution in [0.5, 0.6) is 0 Å². The molecule has 0 aliphatic rings. The van der Waals surface area contributed by atoms with E-state index in [4.69, 9.17) is 17.0 Å². The zero-order valence-electron chi connectivity index (χ0n) is 7.79. The molecule has 72 valence electrons. The zero-order chi connectivity index (χ0) is 9.78. The van der Waals surface area contributed by atoms with Crippen molar-refractivity contribution in [3.63, 3.8) is 0 Å². The van der Waals surface area contributed by atoms with Crippen LogP contribution < -0.4 is 5.73 Å². The van der Waals surface area contributed by atoms with Crippen molar-refractivity contribution < 1.29 is 16.1 Å². The quantitative estimate of drug-likeness (QED) is 0.669. The molecule has 6 heteroatoms. The summed E-state index contributed by atoms with van der Waals surface area (Å²) >= 11 is -3.38. The Bertz CT molecular complexity index is 151. The van der Waals surface area contributed by atoms with Gasteiger partial charge in [-0.3, -0.25) is 0 Å². The van der Waals surface area contributed by atoms with E-state index < -0.39 is 24.9 Å². The molecule has 0 radical (unpaired) electrons. The molecule has 0 fully saturated rings. The van der Waals surface area contributed by atoms with Crippen molar-refractivity contribution in [2.24, 2.45) is 5.73 Å². The van der Waals surface area contributed by atoms with E-state index in [0.29, 0.717) is 0 Å². The second kappa shape index (κ2) is 4.81. The number of amides is 1. The van der Waals surface area contributed by atoms with Gasteiger partial charge in [0.25, 0.3) is 0 Å². The first-order valence-corrected chi connectivity index (χ1v) is 7.27. The number of nitrogens with two attached hydrogens (primary N) is 1. The third-order valence-corrected chi connectivity index (χ3v) is 8.21. The molecule has 2 N–H and O–H groups in total. The van der Waals surface area contributed by atoms with E-state index in [-0.39, 0.29) is 0 Å². The molecule has 1 amide bonds. The molecule has 0 aromatic heterocycles. The molecular formula is C6H15GeNO4. The second-order valence-electron chi connectivity index (χ2n) is 2.34. The fourth-order valence-corrected chi connectivity index (χ4v) is 4.96. The minimum atomic E-state index is -3.38. The van der Waals surface area contributed by atoms with E-state index in [1.807, 2.05) is 0 Å². The van der Waals surface area contributed by atoms with Gasteiger partial charge in [0.15, 0.2) is 0 Å². The van der Waals surface area contributed by atoms with Crippen molar-refractivity contribution in [3.8, 4) is 0 Å². The van der Waals surface area contributed by atoms with Crippen LogP contribution in [0.1, 0.15) is 6.92 Å². The van der Waals surface area contributed by atoms with Crippen LogP contribution in [0.25, 0.3) is 0 Å². The van der Waals surface area contributed by atoms with Crippen molar-refractivity contribution in [3.05, 3.63) is 0 Å². The van der Waals surface area contributed by atoms with Gasteiger partial charge in [0.05, 0.1) is 0 Å². The van der Waals surface area contributed by atoms with Gasteiger partial charge in [-0.25, -0.2) is 0 Å². The topological polar surface area (TPSA) is 70.8 Å². The maximum atomic E-state index is 10.9. The SMILES string of the molecule is C[O][Ge]([O]C)([O]C)[CH](C)C(N)=O. The van der Waals surface area contributed by atoms with Gasteiger partial charge in [-0.05, 0) is 0 Å². The molecule has 1 atom stereocenters. The Morgan fingerprint density at radius 3 is 1.67 bits per heavy atom. The van der Waals surface area contributed by atoms with Crippen molar-refractivity contribution in [1.82, 2.24) is 0 Å². The van der Waals surface area contributed by atoms with Crippen molar-refractivity contribution in [2.75, 3.05) is 21.3 Å². The molecule has 0 aliphatic heterocycles. The van der Waals surface area contributed by atoms with Gasteiger partial charge in [-0.15, -0.1) is 0 Å². The second-order valence-corrected chi connectivity index (χ2v) is 9.26. The predicted molar refractivity (Wildman–Crippen MR) is 45.4 cm³/mol. The third kappa shape index (κ3) is 2.19. The molecule has 0 aromatic carbocycles. The molecule has 0 saturated carbocycles. The molecule has 0 saturated heterocycles. The summed E-state index contributed by atoms with van der Waals surface area (Å²) < 4.78 is 14.8. The number of primary amides is 1. The van der Waals surface area contributed by atoms with E-state index in [0.717, 1.165) is 0 Å². The molecule has 0 heterocycles. The number of rotatable bonds is 5. The van der Waals surface area contributed by atoms with Crippen LogP contribution in [-0.2, 0) is 16.1 Å². The molecular weight excluding hydrogens is 223 g/mol. The van der Waals surface area contributed by atoms with Crippen LogP contribution >= 0.6 is 0 Å². The Kier molecular flexibility index (Phi) is 4.76. The van der Waals surface area contributed by atoms with Gasteiger partial charge in [0.2, 0.25) is 0 Å². The normalized spacial score (nSPS) is 14.3. The molecule has 0 aromatic rings. The van der Waals surface area contributed by atoms with E-state index in [9.17, 15) is 4.79 Å². The first-order valence-electron chi connectivity index (χ1n) is 3.48. The number of carbonyl (C=O) groups is 1. The third-order valence-electron chi connectivity index (χ3n) is 1.81. The van der Waals surface area contributed by atoms with Gasteiger partial charge in [-0.2, -0.15) is 0 Å². The van der Waals surface area contributed by atoms with Crippen molar-refractivity contribution in [2.45, 2.75) is 11.7 Å². The molecule has 0 bridgehead atoms. The van der Waals surface area contributed by atoms with E-state index in [1.54, 1.807) is 6.92 Å². The Balaban J connectivity index is 4.58. The van der Waals surface area contributed by atoms with Gasteiger partial charge < -0.3 is 0 Å². The van der Waals surface area contributed by atoms with Crippen LogP contribution in [0.2, 0.25) is 4.75 Å². The monoisotopic (exact) mass is 239 g/mol. The molecule has 0 aliphatic carbocycles. The summed E-state index contributed by atoms with van der Waals surface area (Å²) in [6.45, 7) is 1.65. The van der Waals surface area contributed by atoms with E-state index >= 15 is 0 Å². The van der Waals surface area contributed by atoms with Crippen molar-refractivity contribution in [1.29, 1.82) is 0 Å². The maximum absolute atomic E-state index is 10.9. The van der Waals surface area contributed by atoms with Crippen LogP contribution in [0.3, 0.4) is 0 Å². The van der Waals surface area contributed by atoms with Gasteiger partial charge >= 0.3 is 75.0 Å². The Morgan fingerprint density at radius 1 is 1.25 bits per heavy atom. The standard InChI is InChI=1S/C6H15GeNO4/c1-5(6(8)9)7(10-2,11-3)12-4/h5H,1-4H3,(H2,8,9). The van der Waals surface area contributed by atoms with Crippen LogP contribution in [0.15, 0.2) is 0 Å². The average molecular weight is 238 g/mol. The van der Waals surface area contributed by atoms with Crippen LogP contribution in [-0.4, -0.2) is 41.5 Å². The van der Waals surface area contributed by atoms with Crippen molar-refractivity contribution >= 4 is 20.2 Å². The first kappa shape index (κ1) is 11.9. The first-order chi connectivity index (χ1) is 5.54. The van der Waals surface area contributed by atoms with E-state index in [1.165, 1.54) is 21.3 Å². The summed E-state index contributed by atoms with van der Waals surface area (Å²) in [5.41, 5.74) is 5.12. The summed E-state index contributed by atoms with van der Waals surface area (Å²) in [4.78, 5) is 10.9. The molecule has 5 nitrogen and oxygen atoms in total. The van der Waals surface area contributed by atoms with E-state index in [2.05, 4.69) is 0 Å². The summed E-state index contributed by atoms with van der Waals surface area (Å²) in [6, 6.07) is 0. The number of carbonyl (C=O) groups excluding carboxylic acids is 1. The van der Waals surface area contributed by atoms with Gasteiger partial charge in [-0.1, -0.05) is 0 Å². The van der Waals surface area contributed by atoms with Gasteiger partial charge in [0, 0.05) is 0 Å². The number of hydrogen-bond acceptors (Lipinski definition) is 4. The average Bonchev–Trinajstić information content (AvgIpc) is 2.08. The van der Waals surface area contributed by atoms with Gasteiger partial charge in [0.1, 0.15) is 0 Å². The fraction of sp³-hybridized carbons (Fsp3) is 0.833. The minimum absolute atomic E-state index is 0.458. The predicted octanol–water partition coefficient (Wildman–Crippen LogP) is -0.260. The summed E-state index contributed by atoms with van der Waals surface area (Å²) in [7, 11) is 4.39. The Morgan fingerprint density at radius 2 is 1.58 bits per heavy atom.